The van der Waals surface area contributed by atoms with E-state index in [0.29, 0.717) is 18.0 Å². The molecule has 20 heavy (non-hydrogen) atoms. The van der Waals surface area contributed by atoms with Crippen LogP contribution in [-0.4, -0.2) is 30.8 Å². The van der Waals surface area contributed by atoms with Crippen molar-refractivity contribution in [3.05, 3.63) is 24.0 Å². The highest BCUT2D eigenvalue weighted by atomic mass is 32.2. The second-order valence-corrected chi connectivity index (χ2v) is 7.18. The lowest BCUT2D eigenvalue weighted by Crippen LogP contribution is -2.17. The Morgan fingerprint density at radius 2 is 2.10 bits per heavy atom. The Morgan fingerprint density at radius 1 is 1.40 bits per heavy atom. The van der Waals surface area contributed by atoms with Gasteiger partial charge in [-0.25, -0.2) is 13.4 Å². The molecule has 0 amide bonds. The van der Waals surface area contributed by atoms with Gasteiger partial charge in [-0.1, -0.05) is 19.4 Å². The molecule has 5 nitrogen and oxygen atoms in total. The van der Waals surface area contributed by atoms with E-state index < -0.39 is 9.84 Å². The van der Waals surface area contributed by atoms with Crippen LogP contribution in [0.5, 0.6) is 0 Å². The highest BCUT2D eigenvalue weighted by Crippen LogP contribution is 2.24. The van der Waals surface area contributed by atoms with Gasteiger partial charge in [0.1, 0.15) is 11.3 Å². The van der Waals surface area contributed by atoms with Crippen LogP contribution in [-0.2, 0) is 23.3 Å². The summed E-state index contributed by atoms with van der Waals surface area (Å²) in [5, 5.41) is 0. The topological polar surface area (TPSA) is 78.0 Å². The number of hydrogen-bond acceptors (Lipinski definition) is 4. The van der Waals surface area contributed by atoms with Crippen molar-refractivity contribution in [2.24, 2.45) is 18.7 Å². The van der Waals surface area contributed by atoms with E-state index in [2.05, 4.69) is 11.9 Å². The van der Waals surface area contributed by atoms with Gasteiger partial charge in [-0.15, -0.1) is 0 Å². The fourth-order valence-electron chi connectivity index (χ4n) is 2.37. The van der Waals surface area contributed by atoms with E-state index in [-0.39, 0.29) is 4.90 Å². The molecule has 1 heterocycles. The number of para-hydroxylation sites is 1. The van der Waals surface area contributed by atoms with Crippen molar-refractivity contribution in [3.8, 4) is 0 Å². The molecule has 0 spiro atoms. The molecule has 1 unspecified atom stereocenters. The molecule has 2 N–H and O–H groups in total. The van der Waals surface area contributed by atoms with Gasteiger partial charge in [0.05, 0.1) is 10.4 Å². The highest BCUT2D eigenvalue weighted by Gasteiger charge is 2.18. The Kier molecular flexibility index (Phi) is 4.15. The van der Waals surface area contributed by atoms with Gasteiger partial charge in [0, 0.05) is 19.7 Å². The molecule has 2 aromatic rings. The second-order valence-electron chi connectivity index (χ2n) is 5.20. The largest absolute Gasteiger partial charge is 0.331 e. The highest BCUT2D eigenvalue weighted by molar-refractivity contribution is 7.91. The lowest BCUT2D eigenvalue weighted by Gasteiger charge is -2.11. The fraction of sp³-hybridized carbons (Fsp3) is 0.500. The van der Waals surface area contributed by atoms with Crippen LogP contribution in [0.2, 0.25) is 0 Å². The van der Waals surface area contributed by atoms with Gasteiger partial charge >= 0.3 is 0 Å². The van der Waals surface area contributed by atoms with Gasteiger partial charge in [-0.3, -0.25) is 0 Å². The summed E-state index contributed by atoms with van der Waals surface area (Å²) in [5.74, 6) is 1.25. The predicted octanol–water partition coefficient (Wildman–Crippen LogP) is 1.50. The van der Waals surface area contributed by atoms with Gasteiger partial charge in [0.25, 0.3) is 0 Å². The Hall–Kier alpha value is -1.40. The summed E-state index contributed by atoms with van der Waals surface area (Å²) in [5.41, 5.74) is 7.14. The van der Waals surface area contributed by atoms with Gasteiger partial charge < -0.3 is 10.3 Å². The van der Waals surface area contributed by atoms with Gasteiger partial charge in [-0.05, 0) is 24.6 Å². The zero-order chi connectivity index (χ0) is 14.9. The molecule has 1 aromatic heterocycles. The molecule has 110 valence electrons. The first kappa shape index (κ1) is 15.0. The summed E-state index contributed by atoms with van der Waals surface area (Å²) in [7, 11) is -1.36. The van der Waals surface area contributed by atoms with Gasteiger partial charge in [0.15, 0.2) is 9.84 Å². The molecule has 2 rings (SSSR count). The zero-order valence-electron chi connectivity index (χ0n) is 12.1. The Bertz CT molecular complexity index is 715. The van der Waals surface area contributed by atoms with Crippen LogP contribution in [0.3, 0.4) is 0 Å². The lowest BCUT2D eigenvalue weighted by molar-refractivity contribution is 0.499. The van der Waals surface area contributed by atoms with E-state index in [1.807, 2.05) is 17.7 Å². The quantitative estimate of drug-likeness (QED) is 0.907. The molecule has 0 aliphatic rings. The van der Waals surface area contributed by atoms with Crippen molar-refractivity contribution >= 4 is 20.9 Å². The molecule has 0 saturated heterocycles. The van der Waals surface area contributed by atoms with E-state index in [4.69, 9.17) is 5.73 Å². The number of imidazole rings is 1. The second kappa shape index (κ2) is 5.54. The average molecular weight is 295 g/mol. The Morgan fingerprint density at radius 3 is 2.65 bits per heavy atom. The third-order valence-corrected chi connectivity index (χ3v) is 4.88. The Labute approximate surface area is 119 Å². The van der Waals surface area contributed by atoms with Crippen LogP contribution in [0.15, 0.2) is 23.1 Å². The van der Waals surface area contributed by atoms with E-state index in [9.17, 15) is 8.42 Å². The first-order valence-electron chi connectivity index (χ1n) is 6.73. The van der Waals surface area contributed by atoms with Crippen molar-refractivity contribution in [1.29, 1.82) is 0 Å². The first-order chi connectivity index (χ1) is 9.38. The summed E-state index contributed by atoms with van der Waals surface area (Å²) in [6, 6.07) is 5.25. The molecular weight excluding hydrogens is 274 g/mol. The van der Waals surface area contributed by atoms with Crippen LogP contribution in [0.25, 0.3) is 11.0 Å². The van der Waals surface area contributed by atoms with Crippen LogP contribution in [0.1, 0.15) is 19.2 Å². The van der Waals surface area contributed by atoms with E-state index in [1.165, 1.54) is 6.26 Å². The molecule has 0 aliphatic carbocycles. The van der Waals surface area contributed by atoms with E-state index >= 15 is 0 Å². The number of aromatic nitrogens is 2. The number of nitrogens with zero attached hydrogens (tertiary/aromatic N) is 2. The summed E-state index contributed by atoms with van der Waals surface area (Å²) in [6.45, 7) is 2.71. The summed E-state index contributed by atoms with van der Waals surface area (Å²) < 4.78 is 25.6. The maximum atomic E-state index is 11.8. The fourth-order valence-corrected chi connectivity index (χ4v) is 3.20. The first-order valence-corrected chi connectivity index (χ1v) is 8.62. The Balaban J connectivity index is 2.58. The number of hydrogen-bond donors (Lipinski definition) is 1. The number of benzene rings is 1. The molecule has 0 fully saturated rings. The number of aryl methyl sites for hydroxylation is 1. The standard InChI is InChI=1S/C14H21N3O2S/c1-4-10(9-15)8-13-16-14-11(17(13)2)6-5-7-12(14)20(3,18)19/h5-7,10H,4,8-9,15H2,1-3H3. The van der Waals surface area contributed by atoms with Crippen molar-refractivity contribution in [2.45, 2.75) is 24.7 Å². The summed E-state index contributed by atoms with van der Waals surface area (Å²) >= 11 is 0. The monoisotopic (exact) mass is 295 g/mol. The predicted molar refractivity (Wildman–Crippen MR) is 80.4 cm³/mol. The van der Waals surface area contributed by atoms with Crippen molar-refractivity contribution in [2.75, 3.05) is 12.8 Å². The number of rotatable bonds is 5. The summed E-state index contributed by atoms with van der Waals surface area (Å²) in [6.07, 6.45) is 2.96. The minimum atomic E-state index is -3.27. The number of sulfone groups is 1. The molecule has 6 heteroatoms. The maximum absolute atomic E-state index is 11.8. The average Bonchev–Trinajstić information content (AvgIpc) is 2.71. The van der Waals surface area contributed by atoms with Crippen LogP contribution >= 0.6 is 0 Å². The third-order valence-electron chi connectivity index (χ3n) is 3.75. The molecule has 1 atom stereocenters. The minimum absolute atomic E-state index is 0.289. The van der Waals surface area contributed by atoms with Crippen LogP contribution < -0.4 is 5.73 Å². The normalized spacial score (nSPS) is 13.8. The lowest BCUT2D eigenvalue weighted by atomic mass is 10.0. The third kappa shape index (κ3) is 2.71. The van der Waals surface area contributed by atoms with Crippen molar-refractivity contribution < 1.29 is 8.42 Å². The molecule has 0 saturated carbocycles. The van der Waals surface area contributed by atoms with E-state index in [0.717, 1.165) is 24.2 Å². The van der Waals surface area contributed by atoms with Crippen LogP contribution in [0.4, 0.5) is 0 Å². The van der Waals surface area contributed by atoms with Crippen molar-refractivity contribution in [1.82, 2.24) is 9.55 Å². The SMILES string of the molecule is CCC(CN)Cc1nc2c(S(C)(=O)=O)cccc2n1C. The molecule has 1 aromatic carbocycles. The minimum Gasteiger partial charge on any atom is -0.331 e. The van der Waals surface area contributed by atoms with Gasteiger partial charge in [0.2, 0.25) is 0 Å². The van der Waals surface area contributed by atoms with Crippen molar-refractivity contribution in [3.63, 3.8) is 0 Å². The smallest absolute Gasteiger partial charge is 0.177 e. The summed E-state index contributed by atoms with van der Waals surface area (Å²) in [4.78, 5) is 4.83. The number of nitrogens with two attached hydrogens (primary N) is 1. The maximum Gasteiger partial charge on any atom is 0.177 e. The van der Waals surface area contributed by atoms with Gasteiger partial charge in [-0.2, -0.15) is 0 Å². The van der Waals surface area contributed by atoms with Crippen LogP contribution in [0, 0.1) is 5.92 Å². The molecule has 0 bridgehead atoms. The molecule has 0 aliphatic heterocycles. The van der Waals surface area contributed by atoms with E-state index in [1.54, 1.807) is 12.1 Å². The molecule has 0 radical (unpaired) electrons. The zero-order valence-corrected chi connectivity index (χ0v) is 12.9. The molecular formula is C14H21N3O2S. The number of fused-ring (bicyclic) bond motifs is 1.